The summed E-state index contributed by atoms with van der Waals surface area (Å²) in [6, 6.07) is 10.7. The third-order valence-electron chi connectivity index (χ3n) is 5.98. The number of nitrogens with one attached hydrogen (secondary N) is 1. The molecule has 186 valence electrons. The van der Waals surface area contributed by atoms with Crippen LogP contribution in [0.2, 0.25) is 0 Å². The van der Waals surface area contributed by atoms with E-state index in [0.29, 0.717) is 36.9 Å². The van der Waals surface area contributed by atoms with Crippen LogP contribution in [0.15, 0.2) is 42.6 Å². The number of fused-ring (bicyclic) bond motifs is 1. The maximum Gasteiger partial charge on any atom is 0.415 e. The van der Waals surface area contributed by atoms with Crippen LogP contribution < -0.4 is 15.8 Å². The summed E-state index contributed by atoms with van der Waals surface area (Å²) in [5, 5.41) is 11.4. The number of rotatable bonds is 8. The number of carbonyl (C=O) groups is 2. The minimum Gasteiger partial charge on any atom is -0.409 e. The third kappa shape index (κ3) is 5.95. The molecule has 3 N–H and O–H groups in total. The first-order valence-corrected chi connectivity index (χ1v) is 11.8. The Hall–Kier alpha value is -3.50. The molecule has 1 saturated heterocycles. The van der Waals surface area contributed by atoms with Crippen LogP contribution in [0.5, 0.6) is 5.75 Å². The zero-order valence-corrected chi connectivity index (χ0v) is 20.4. The lowest BCUT2D eigenvalue weighted by Crippen LogP contribution is -2.50. The summed E-state index contributed by atoms with van der Waals surface area (Å²) in [6.45, 7) is 7.19. The molecule has 35 heavy (non-hydrogen) atoms. The topological polar surface area (TPSA) is 124 Å². The SMILES string of the molecule is Cc1ccccc1COC[C@@H](NC(=O)C(C)(C)N)c1nnc2ccc(OC(=O)N3CCCC3)cn12. The number of amides is 2. The quantitative estimate of drug-likeness (QED) is 0.508. The molecule has 2 amide bonds. The lowest BCUT2D eigenvalue weighted by molar-refractivity contribution is -0.126. The zero-order chi connectivity index (χ0) is 25.0. The standard InChI is InChI=1S/C25H32N6O4/c1-17-8-4-5-9-18(17)15-34-16-20(27-23(32)25(2,3)26)22-29-28-21-11-10-19(14-31(21)22)35-24(33)30-12-6-7-13-30/h4-5,8-11,14,20H,6-7,12-13,15-16,26H2,1-3H3,(H,27,32)/t20-/m1/s1. The van der Waals surface area contributed by atoms with Gasteiger partial charge in [0, 0.05) is 13.1 Å². The van der Waals surface area contributed by atoms with E-state index in [1.807, 2.05) is 31.2 Å². The summed E-state index contributed by atoms with van der Waals surface area (Å²) >= 11 is 0. The van der Waals surface area contributed by atoms with E-state index in [-0.39, 0.29) is 18.6 Å². The summed E-state index contributed by atoms with van der Waals surface area (Å²) in [7, 11) is 0. The number of pyridine rings is 1. The molecule has 1 fully saturated rings. The Morgan fingerprint density at radius 2 is 1.89 bits per heavy atom. The molecule has 0 unspecified atom stereocenters. The second-order valence-electron chi connectivity index (χ2n) is 9.40. The monoisotopic (exact) mass is 480 g/mol. The summed E-state index contributed by atoms with van der Waals surface area (Å²) in [4.78, 5) is 26.9. The predicted molar refractivity (Wildman–Crippen MR) is 130 cm³/mol. The zero-order valence-electron chi connectivity index (χ0n) is 20.4. The van der Waals surface area contributed by atoms with Gasteiger partial charge in [-0.1, -0.05) is 24.3 Å². The summed E-state index contributed by atoms with van der Waals surface area (Å²) < 4.78 is 13.2. The number of nitrogens with two attached hydrogens (primary N) is 1. The number of carbonyl (C=O) groups excluding carboxylic acids is 2. The molecular weight excluding hydrogens is 448 g/mol. The number of hydrogen-bond donors (Lipinski definition) is 2. The van der Waals surface area contributed by atoms with Crippen molar-refractivity contribution in [2.45, 2.75) is 51.8 Å². The van der Waals surface area contributed by atoms with Crippen molar-refractivity contribution in [3.63, 3.8) is 0 Å². The lowest BCUT2D eigenvalue weighted by Gasteiger charge is -2.23. The molecule has 2 aromatic heterocycles. The van der Waals surface area contributed by atoms with Crippen molar-refractivity contribution in [3.05, 3.63) is 59.5 Å². The Morgan fingerprint density at radius 1 is 1.14 bits per heavy atom. The van der Waals surface area contributed by atoms with Crippen LogP contribution in [0.4, 0.5) is 4.79 Å². The van der Waals surface area contributed by atoms with Gasteiger partial charge in [0.05, 0.1) is 24.9 Å². The van der Waals surface area contributed by atoms with Gasteiger partial charge in [-0.25, -0.2) is 4.79 Å². The van der Waals surface area contributed by atoms with Crippen LogP contribution in [0, 0.1) is 6.92 Å². The Bertz CT molecular complexity index is 1200. The fourth-order valence-electron chi connectivity index (χ4n) is 3.84. The molecule has 10 heteroatoms. The number of hydrogen-bond acceptors (Lipinski definition) is 7. The van der Waals surface area contributed by atoms with Crippen molar-refractivity contribution in [2.24, 2.45) is 5.73 Å². The first-order valence-electron chi connectivity index (χ1n) is 11.8. The average molecular weight is 481 g/mol. The molecule has 10 nitrogen and oxygen atoms in total. The Kier molecular flexibility index (Phi) is 7.32. The van der Waals surface area contributed by atoms with Gasteiger partial charge in [0.15, 0.2) is 11.5 Å². The van der Waals surface area contributed by atoms with E-state index in [1.54, 1.807) is 41.5 Å². The molecule has 0 bridgehead atoms. The van der Waals surface area contributed by atoms with E-state index in [4.69, 9.17) is 15.2 Å². The largest absolute Gasteiger partial charge is 0.415 e. The molecular formula is C25H32N6O4. The highest BCUT2D eigenvalue weighted by molar-refractivity contribution is 5.85. The molecule has 1 atom stereocenters. The van der Waals surface area contributed by atoms with Crippen LogP contribution in [0.3, 0.4) is 0 Å². The van der Waals surface area contributed by atoms with Gasteiger partial charge >= 0.3 is 6.09 Å². The van der Waals surface area contributed by atoms with Crippen LogP contribution in [0.25, 0.3) is 5.65 Å². The first kappa shape index (κ1) is 24.6. The predicted octanol–water partition coefficient (Wildman–Crippen LogP) is 2.74. The maximum absolute atomic E-state index is 12.7. The van der Waals surface area contributed by atoms with Crippen LogP contribution >= 0.6 is 0 Å². The molecule has 1 aromatic carbocycles. The van der Waals surface area contributed by atoms with E-state index < -0.39 is 11.6 Å². The normalized spacial score (nSPS) is 14.8. The minimum absolute atomic E-state index is 0.148. The highest BCUT2D eigenvalue weighted by Gasteiger charge is 2.28. The number of nitrogens with zero attached hydrogens (tertiary/aromatic N) is 4. The van der Waals surface area contributed by atoms with Gasteiger partial charge in [-0.05, 0) is 56.9 Å². The number of ether oxygens (including phenoxy) is 2. The molecule has 0 radical (unpaired) electrons. The van der Waals surface area contributed by atoms with Crippen molar-refractivity contribution in [3.8, 4) is 5.75 Å². The van der Waals surface area contributed by atoms with Gasteiger partial charge in [0.25, 0.3) is 0 Å². The second-order valence-corrected chi connectivity index (χ2v) is 9.40. The fraction of sp³-hybridized carbons (Fsp3) is 0.440. The molecule has 4 rings (SSSR count). The van der Waals surface area contributed by atoms with E-state index in [1.165, 1.54) is 0 Å². The van der Waals surface area contributed by atoms with Gasteiger partial charge in [-0.3, -0.25) is 9.20 Å². The number of aromatic nitrogens is 3. The summed E-state index contributed by atoms with van der Waals surface area (Å²) in [5.74, 6) is 0.456. The van der Waals surface area contributed by atoms with Crippen molar-refractivity contribution < 1.29 is 19.1 Å². The number of aryl methyl sites for hydroxylation is 1. The van der Waals surface area contributed by atoms with E-state index in [0.717, 1.165) is 24.0 Å². The Balaban J connectivity index is 1.56. The van der Waals surface area contributed by atoms with Gasteiger partial charge in [-0.2, -0.15) is 0 Å². The second kappa shape index (κ2) is 10.4. The first-order chi connectivity index (χ1) is 16.7. The third-order valence-corrected chi connectivity index (χ3v) is 5.98. The maximum atomic E-state index is 12.7. The van der Waals surface area contributed by atoms with Crippen molar-refractivity contribution >= 4 is 17.6 Å². The van der Waals surface area contributed by atoms with E-state index in [2.05, 4.69) is 15.5 Å². The molecule has 1 aliphatic heterocycles. The molecule has 1 aliphatic rings. The van der Waals surface area contributed by atoms with Crippen molar-refractivity contribution in [1.82, 2.24) is 24.8 Å². The minimum atomic E-state index is -1.09. The lowest BCUT2D eigenvalue weighted by atomic mass is 10.1. The highest BCUT2D eigenvalue weighted by Crippen LogP contribution is 2.21. The molecule has 0 saturated carbocycles. The van der Waals surface area contributed by atoms with E-state index >= 15 is 0 Å². The molecule has 3 heterocycles. The van der Waals surface area contributed by atoms with Crippen LogP contribution in [0.1, 0.15) is 49.7 Å². The molecule has 3 aromatic rings. The van der Waals surface area contributed by atoms with E-state index in [9.17, 15) is 9.59 Å². The Morgan fingerprint density at radius 3 is 2.60 bits per heavy atom. The highest BCUT2D eigenvalue weighted by atomic mass is 16.6. The fourth-order valence-corrected chi connectivity index (χ4v) is 3.84. The molecule has 0 aliphatic carbocycles. The van der Waals surface area contributed by atoms with Crippen molar-refractivity contribution in [2.75, 3.05) is 19.7 Å². The van der Waals surface area contributed by atoms with Gasteiger partial charge < -0.3 is 25.4 Å². The van der Waals surface area contributed by atoms with Gasteiger partial charge in [0.2, 0.25) is 5.91 Å². The molecule has 0 spiro atoms. The van der Waals surface area contributed by atoms with Gasteiger partial charge in [-0.15, -0.1) is 10.2 Å². The van der Waals surface area contributed by atoms with Gasteiger partial charge in [0.1, 0.15) is 11.8 Å². The summed E-state index contributed by atoms with van der Waals surface area (Å²) in [6.07, 6.45) is 3.22. The summed E-state index contributed by atoms with van der Waals surface area (Å²) in [5.41, 5.74) is 7.64. The smallest absolute Gasteiger partial charge is 0.409 e. The van der Waals surface area contributed by atoms with Crippen molar-refractivity contribution in [1.29, 1.82) is 0 Å². The average Bonchev–Trinajstić information content (AvgIpc) is 3.49. The number of likely N-dealkylation sites (tertiary alicyclic amines) is 1. The Labute approximate surface area is 204 Å². The van der Waals surface area contributed by atoms with Crippen LogP contribution in [-0.2, 0) is 16.1 Å². The number of benzene rings is 1. The van der Waals surface area contributed by atoms with Crippen LogP contribution in [-0.4, -0.2) is 56.7 Å².